The van der Waals surface area contributed by atoms with Crippen molar-refractivity contribution in [2.45, 2.75) is 38.7 Å². The number of methoxy groups -OCH3 is 1. The van der Waals surface area contributed by atoms with Crippen LogP contribution in [0.25, 0.3) is 0 Å². The number of nitrogens with zero attached hydrogens (tertiary/aromatic N) is 1. The predicted octanol–water partition coefficient (Wildman–Crippen LogP) is 2.05. The maximum Gasteiger partial charge on any atom is 0.227 e. The lowest BCUT2D eigenvalue weighted by atomic mass is 9.88. The largest absolute Gasteiger partial charge is 0.380 e. The zero-order chi connectivity index (χ0) is 15.4. The van der Waals surface area contributed by atoms with Crippen molar-refractivity contribution in [1.29, 1.82) is 5.26 Å². The Labute approximate surface area is 129 Å². The average molecular weight is 307 g/mol. The Morgan fingerprint density at radius 3 is 3.05 bits per heavy atom. The second-order valence-electron chi connectivity index (χ2n) is 5.51. The molecule has 6 heteroatoms. The number of hydrogen-bond acceptors (Lipinski definition) is 5. The van der Waals surface area contributed by atoms with Crippen molar-refractivity contribution in [2.75, 3.05) is 19.0 Å². The molecule has 0 fully saturated rings. The van der Waals surface area contributed by atoms with Crippen LogP contribution in [0.4, 0.5) is 5.00 Å². The first-order valence-corrected chi connectivity index (χ1v) is 7.98. The van der Waals surface area contributed by atoms with Gasteiger partial charge in [0.25, 0.3) is 0 Å². The number of fused-ring (bicyclic) bond motifs is 1. The fourth-order valence-corrected chi connectivity index (χ4v) is 3.98. The third-order valence-corrected chi connectivity index (χ3v) is 5.06. The van der Waals surface area contributed by atoms with Gasteiger partial charge in [0.05, 0.1) is 18.1 Å². The summed E-state index contributed by atoms with van der Waals surface area (Å²) in [7, 11) is 1.54. The molecule has 1 aliphatic rings. The highest BCUT2D eigenvalue weighted by Gasteiger charge is 2.25. The van der Waals surface area contributed by atoms with Crippen molar-refractivity contribution >= 4 is 22.2 Å². The van der Waals surface area contributed by atoms with Crippen molar-refractivity contribution in [2.24, 2.45) is 11.7 Å². The smallest absolute Gasteiger partial charge is 0.227 e. The molecule has 2 atom stereocenters. The van der Waals surface area contributed by atoms with E-state index in [1.54, 1.807) is 0 Å². The second-order valence-corrected chi connectivity index (χ2v) is 6.62. The van der Waals surface area contributed by atoms with E-state index in [9.17, 15) is 10.1 Å². The maximum atomic E-state index is 12.0. The Balaban J connectivity index is 2.14. The first-order valence-electron chi connectivity index (χ1n) is 7.16. The van der Waals surface area contributed by atoms with Crippen molar-refractivity contribution < 1.29 is 9.53 Å². The summed E-state index contributed by atoms with van der Waals surface area (Å²) in [5.74, 6) is 0.483. The number of nitrogens with one attached hydrogen (secondary N) is 1. The summed E-state index contributed by atoms with van der Waals surface area (Å²) < 4.78 is 5.11. The molecule has 1 amide bonds. The van der Waals surface area contributed by atoms with Crippen LogP contribution in [-0.4, -0.2) is 25.7 Å². The Bertz CT molecular complexity index is 558. The van der Waals surface area contributed by atoms with Gasteiger partial charge in [-0.25, -0.2) is 0 Å². The number of anilines is 1. The van der Waals surface area contributed by atoms with Gasteiger partial charge in [0.1, 0.15) is 11.1 Å². The van der Waals surface area contributed by atoms with E-state index in [4.69, 9.17) is 10.5 Å². The van der Waals surface area contributed by atoms with Crippen LogP contribution in [0.5, 0.6) is 0 Å². The van der Waals surface area contributed by atoms with Crippen molar-refractivity contribution in [3.05, 3.63) is 16.0 Å². The first kappa shape index (κ1) is 16.0. The molecule has 114 valence electrons. The lowest BCUT2D eigenvalue weighted by Gasteiger charge is -2.17. The molecule has 21 heavy (non-hydrogen) atoms. The van der Waals surface area contributed by atoms with E-state index < -0.39 is 0 Å². The molecule has 3 N–H and O–H groups in total. The van der Waals surface area contributed by atoms with E-state index in [1.807, 2.05) is 0 Å². The lowest BCUT2D eigenvalue weighted by molar-refractivity contribution is -0.118. The fourth-order valence-electron chi connectivity index (χ4n) is 2.60. The van der Waals surface area contributed by atoms with Gasteiger partial charge in [-0.15, -0.1) is 11.3 Å². The average Bonchev–Trinajstić information content (AvgIpc) is 2.80. The summed E-state index contributed by atoms with van der Waals surface area (Å²) in [6.45, 7) is 2.52. The molecule has 0 aliphatic heterocycles. The Kier molecular flexibility index (Phi) is 5.34. The molecule has 0 spiro atoms. The van der Waals surface area contributed by atoms with Gasteiger partial charge in [0, 0.05) is 18.5 Å². The summed E-state index contributed by atoms with van der Waals surface area (Å²) in [6.07, 6.45) is 2.94. The molecular formula is C15H21N3O2S. The third kappa shape index (κ3) is 3.62. The number of carbonyl (C=O) groups excluding carboxylic acids is 1. The summed E-state index contributed by atoms with van der Waals surface area (Å²) in [4.78, 5) is 13.3. The van der Waals surface area contributed by atoms with Gasteiger partial charge in [-0.3, -0.25) is 4.79 Å². The maximum absolute atomic E-state index is 12.0. The normalized spacial score (nSPS) is 18.7. The molecule has 1 heterocycles. The van der Waals surface area contributed by atoms with Crippen LogP contribution in [0, 0.1) is 17.2 Å². The molecule has 0 radical (unpaired) electrons. The predicted molar refractivity (Wildman–Crippen MR) is 83.3 cm³/mol. The fraction of sp³-hybridized carbons (Fsp3) is 0.600. The number of nitriles is 1. The topological polar surface area (TPSA) is 88.1 Å². The van der Waals surface area contributed by atoms with E-state index in [0.717, 1.165) is 24.8 Å². The molecule has 1 aliphatic carbocycles. The number of rotatable bonds is 5. The van der Waals surface area contributed by atoms with Crippen LogP contribution < -0.4 is 11.1 Å². The van der Waals surface area contributed by atoms with Gasteiger partial charge in [0.15, 0.2) is 0 Å². The number of nitrogens with two attached hydrogens (primary N) is 1. The van der Waals surface area contributed by atoms with Crippen LogP contribution >= 0.6 is 11.3 Å². The number of ether oxygens (including phenoxy) is 1. The summed E-state index contributed by atoms with van der Waals surface area (Å²) in [5, 5.41) is 12.9. The highest BCUT2D eigenvalue weighted by molar-refractivity contribution is 7.16. The van der Waals surface area contributed by atoms with E-state index in [-0.39, 0.29) is 18.4 Å². The Morgan fingerprint density at radius 2 is 2.43 bits per heavy atom. The van der Waals surface area contributed by atoms with E-state index in [1.165, 1.54) is 23.3 Å². The number of amides is 1. The molecule has 5 nitrogen and oxygen atoms in total. The first-order chi connectivity index (χ1) is 10.1. The van der Waals surface area contributed by atoms with Crippen LogP contribution in [0.2, 0.25) is 0 Å². The quantitative estimate of drug-likeness (QED) is 0.871. The van der Waals surface area contributed by atoms with E-state index in [0.29, 0.717) is 23.0 Å². The minimum atomic E-state index is -0.287. The summed E-state index contributed by atoms with van der Waals surface area (Å²) >= 11 is 1.53. The van der Waals surface area contributed by atoms with Crippen LogP contribution in [0.15, 0.2) is 0 Å². The zero-order valence-corrected chi connectivity index (χ0v) is 13.3. The molecule has 1 aromatic rings. The van der Waals surface area contributed by atoms with Crippen LogP contribution in [0.1, 0.15) is 35.8 Å². The van der Waals surface area contributed by atoms with E-state index >= 15 is 0 Å². The highest BCUT2D eigenvalue weighted by atomic mass is 32.1. The van der Waals surface area contributed by atoms with Gasteiger partial charge in [-0.2, -0.15) is 5.26 Å². The summed E-state index contributed by atoms with van der Waals surface area (Å²) in [5.41, 5.74) is 7.28. The molecular weight excluding hydrogens is 286 g/mol. The number of carbonyl (C=O) groups is 1. The monoisotopic (exact) mass is 307 g/mol. The van der Waals surface area contributed by atoms with Gasteiger partial charge < -0.3 is 15.8 Å². The van der Waals surface area contributed by atoms with Crippen LogP contribution in [0.3, 0.4) is 0 Å². The Hall–Kier alpha value is -1.42. The highest BCUT2D eigenvalue weighted by Crippen LogP contribution is 2.39. The van der Waals surface area contributed by atoms with Gasteiger partial charge >= 0.3 is 0 Å². The van der Waals surface area contributed by atoms with Crippen LogP contribution in [-0.2, 0) is 22.4 Å². The molecule has 2 unspecified atom stereocenters. The molecule has 0 saturated heterocycles. The van der Waals surface area contributed by atoms with Gasteiger partial charge in [-0.05, 0) is 30.7 Å². The van der Waals surface area contributed by atoms with Crippen molar-refractivity contribution in [1.82, 2.24) is 0 Å². The number of hydrogen-bond donors (Lipinski definition) is 2. The molecule has 2 rings (SSSR count). The molecule has 0 saturated carbocycles. The van der Waals surface area contributed by atoms with Crippen molar-refractivity contribution in [3.8, 4) is 6.07 Å². The number of thiophene rings is 1. The van der Waals surface area contributed by atoms with Crippen molar-refractivity contribution in [3.63, 3.8) is 0 Å². The minimum Gasteiger partial charge on any atom is -0.380 e. The molecule has 0 aromatic carbocycles. The van der Waals surface area contributed by atoms with E-state index in [2.05, 4.69) is 18.3 Å². The third-order valence-electron chi connectivity index (χ3n) is 3.89. The van der Waals surface area contributed by atoms with Gasteiger partial charge in [-0.1, -0.05) is 6.92 Å². The standard InChI is InChI=1S/C15H21N3O2S/c1-9-3-4-11-12(8-17)15(21-13(11)5-9)18-14(19)6-10(7-16)20-2/h9-10H,3-7,16H2,1-2H3,(H,18,19). The second kappa shape index (κ2) is 7.03. The van der Waals surface area contributed by atoms with Gasteiger partial charge in [0.2, 0.25) is 5.91 Å². The molecule has 1 aromatic heterocycles. The summed E-state index contributed by atoms with van der Waals surface area (Å²) in [6, 6.07) is 2.24. The lowest BCUT2D eigenvalue weighted by Crippen LogP contribution is -2.28. The SMILES string of the molecule is COC(CN)CC(=O)Nc1sc2c(c1C#N)CCC(C)C2. The Morgan fingerprint density at radius 1 is 1.67 bits per heavy atom. The molecule has 0 bridgehead atoms. The minimum absolute atomic E-state index is 0.157. The zero-order valence-electron chi connectivity index (χ0n) is 12.4.